The zero-order valence-electron chi connectivity index (χ0n) is 8.01. The van der Waals surface area contributed by atoms with Gasteiger partial charge in [-0.1, -0.05) is 0 Å². The third kappa shape index (κ3) is 1.77. The summed E-state index contributed by atoms with van der Waals surface area (Å²) in [7, 11) is 2.12. The average Bonchev–Trinajstić information content (AvgIpc) is 2.35. The average molecular weight is 184 g/mol. The Labute approximate surface area is 78.2 Å². The Kier molecular flexibility index (Phi) is 2.15. The summed E-state index contributed by atoms with van der Waals surface area (Å²) in [6.07, 6.45) is 2.95. The van der Waals surface area contributed by atoms with Crippen LogP contribution in [0.3, 0.4) is 0 Å². The lowest BCUT2D eigenvalue weighted by Gasteiger charge is -2.24. The highest BCUT2D eigenvalue weighted by molar-refractivity contribution is 5.70. The molecule has 1 N–H and O–H groups in total. The maximum absolute atomic E-state index is 11.0. The smallest absolute Gasteiger partial charge is 0.407 e. The molecule has 1 atom stereocenters. The molecule has 2 rings (SSSR count). The molecular weight excluding hydrogens is 168 g/mol. The number of likely N-dealkylation sites (tertiary alicyclic amines) is 1. The molecule has 1 amide bonds. The second-order valence-electron chi connectivity index (χ2n) is 4.14. The first-order valence-corrected chi connectivity index (χ1v) is 4.84. The molecule has 2 saturated heterocycles. The normalized spacial score (nSPS) is 35.6. The molecule has 4 nitrogen and oxygen atoms in total. The molecule has 2 fully saturated rings. The number of rotatable bonds is 0. The Hall–Kier alpha value is -0.770. The Balaban J connectivity index is 2.02. The minimum absolute atomic E-state index is 0.0537. The first kappa shape index (κ1) is 8.81. The molecule has 0 aromatic rings. The van der Waals surface area contributed by atoms with Crippen molar-refractivity contribution < 1.29 is 9.53 Å². The Bertz CT molecular complexity index is 220. The Morgan fingerprint density at radius 2 is 2.31 bits per heavy atom. The van der Waals surface area contributed by atoms with Gasteiger partial charge in [0.25, 0.3) is 0 Å². The quantitative estimate of drug-likeness (QED) is 0.598. The number of nitrogens with zero attached hydrogens (tertiary/aromatic N) is 1. The van der Waals surface area contributed by atoms with E-state index < -0.39 is 0 Å². The van der Waals surface area contributed by atoms with Gasteiger partial charge in [-0.3, -0.25) is 0 Å². The zero-order valence-corrected chi connectivity index (χ0v) is 8.01. The Morgan fingerprint density at radius 1 is 1.46 bits per heavy atom. The van der Waals surface area contributed by atoms with Crippen molar-refractivity contribution in [3.8, 4) is 0 Å². The lowest BCUT2D eigenvalue weighted by atomic mass is 9.92. The van der Waals surface area contributed by atoms with Gasteiger partial charge in [0, 0.05) is 6.54 Å². The van der Waals surface area contributed by atoms with Crippen LogP contribution in [0.4, 0.5) is 4.79 Å². The molecular formula is C9H16N2O2. The summed E-state index contributed by atoms with van der Waals surface area (Å²) in [5, 5.41) is 2.94. The van der Waals surface area contributed by atoms with Crippen LogP contribution < -0.4 is 5.32 Å². The van der Waals surface area contributed by atoms with E-state index in [9.17, 15) is 4.79 Å². The van der Waals surface area contributed by atoms with Crippen LogP contribution in [0.1, 0.15) is 19.3 Å². The molecule has 2 heterocycles. The Morgan fingerprint density at radius 3 is 3.00 bits per heavy atom. The first-order chi connectivity index (χ1) is 6.20. The van der Waals surface area contributed by atoms with Crippen molar-refractivity contribution in [2.75, 3.05) is 26.7 Å². The summed E-state index contributed by atoms with van der Waals surface area (Å²) in [5.41, 5.74) is -0.0537. The predicted octanol–water partition coefficient (Wildman–Crippen LogP) is 0.581. The van der Waals surface area contributed by atoms with Gasteiger partial charge in [-0.2, -0.15) is 0 Å². The third-order valence-corrected chi connectivity index (χ3v) is 3.01. The van der Waals surface area contributed by atoms with Crippen LogP contribution in [0.15, 0.2) is 0 Å². The van der Waals surface area contributed by atoms with E-state index in [1.165, 1.54) is 0 Å². The molecule has 0 aromatic heterocycles. The summed E-state index contributed by atoms with van der Waals surface area (Å²) in [5.74, 6) is 0. The maximum Gasteiger partial charge on any atom is 0.407 e. The van der Waals surface area contributed by atoms with Crippen LogP contribution in [0.25, 0.3) is 0 Å². The highest BCUT2D eigenvalue weighted by Gasteiger charge is 2.39. The van der Waals surface area contributed by atoms with Crippen LogP contribution in [0.2, 0.25) is 0 Å². The van der Waals surface area contributed by atoms with Gasteiger partial charge < -0.3 is 15.0 Å². The van der Waals surface area contributed by atoms with E-state index in [2.05, 4.69) is 17.3 Å². The van der Waals surface area contributed by atoms with Crippen LogP contribution in [0, 0.1) is 0 Å². The number of carbonyl (C=O) groups excluding carboxylic acids is 1. The van der Waals surface area contributed by atoms with E-state index >= 15 is 0 Å². The highest BCUT2D eigenvalue weighted by Crippen LogP contribution is 2.25. The van der Waals surface area contributed by atoms with Gasteiger partial charge in [0.1, 0.15) is 6.61 Å². The van der Waals surface area contributed by atoms with Crippen molar-refractivity contribution in [3.05, 3.63) is 0 Å². The molecule has 0 radical (unpaired) electrons. The minimum atomic E-state index is -0.246. The molecule has 2 aliphatic rings. The topological polar surface area (TPSA) is 41.6 Å². The minimum Gasteiger partial charge on any atom is -0.447 e. The summed E-state index contributed by atoms with van der Waals surface area (Å²) in [6.45, 7) is 2.72. The number of amides is 1. The lowest BCUT2D eigenvalue weighted by Crippen LogP contribution is -2.43. The molecule has 13 heavy (non-hydrogen) atoms. The van der Waals surface area contributed by atoms with Crippen LogP contribution in [0.5, 0.6) is 0 Å². The molecule has 74 valence electrons. The third-order valence-electron chi connectivity index (χ3n) is 3.01. The van der Waals surface area contributed by atoms with Crippen molar-refractivity contribution in [1.29, 1.82) is 0 Å². The fourth-order valence-corrected chi connectivity index (χ4v) is 2.09. The fourth-order valence-electron chi connectivity index (χ4n) is 2.09. The van der Waals surface area contributed by atoms with Crippen molar-refractivity contribution in [2.24, 2.45) is 0 Å². The fraction of sp³-hybridized carbons (Fsp3) is 0.889. The molecule has 0 bridgehead atoms. The molecule has 2 aliphatic heterocycles. The van der Waals surface area contributed by atoms with Gasteiger partial charge in [-0.15, -0.1) is 0 Å². The molecule has 4 heteroatoms. The molecule has 1 unspecified atom stereocenters. The van der Waals surface area contributed by atoms with Crippen molar-refractivity contribution >= 4 is 6.09 Å². The SMILES string of the molecule is CN1CCCC2(CC1)COC(=O)N2. The predicted molar refractivity (Wildman–Crippen MR) is 48.6 cm³/mol. The number of carbonyl (C=O) groups is 1. The monoisotopic (exact) mass is 184 g/mol. The molecule has 0 saturated carbocycles. The van der Waals surface area contributed by atoms with E-state index in [1.807, 2.05) is 0 Å². The van der Waals surface area contributed by atoms with Gasteiger partial charge in [-0.25, -0.2) is 4.79 Å². The van der Waals surface area contributed by atoms with E-state index in [1.54, 1.807) is 0 Å². The van der Waals surface area contributed by atoms with E-state index in [4.69, 9.17) is 4.74 Å². The van der Waals surface area contributed by atoms with Gasteiger partial charge in [0.15, 0.2) is 0 Å². The second-order valence-corrected chi connectivity index (χ2v) is 4.14. The number of cyclic esters (lactones) is 1. The van der Waals surface area contributed by atoms with Crippen LogP contribution in [-0.4, -0.2) is 43.3 Å². The van der Waals surface area contributed by atoms with Gasteiger partial charge in [0.05, 0.1) is 5.54 Å². The van der Waals surface area contributed by atoms with Crippen molar-refractivity contribution in [3.63, 3.8) is 0 Å². The number of nitrogens with one attached hydrogen (secondary N) is 1. The molecule has 0 aliphatic carbocycles. The van der Waals surface area contributed by atoms with Gasteiger partial charge >= 0.3 is 6.09 Å². The number of hydrogen-bond donors (Lipinski definition) is 1. The number of hydrogen-bond acceptors (Lipinski definition) is 3. The highest BCUT2D eigenvalue weighted by atomic mass is 16.6. The molecule has 0 aromatic carbocycles. The van der Waals surface area contributed by atoms with Gasteiger partial charge in [0.2, 0.25) is 0 Å². The van der Waals surface area contributed by atoms with Crippen molar-refractivity contribution in [2.45, 2.75) is 24.8 Å². The largest absolute Gasteiger partial charge is 0.447 e. The van der Waals surface area contributed by atoms with Crippen LogP contribution >= 0.6 is 0 Å². The van der Waals surface area contributed by atoms with E-state index in [-0.39, 0.29) is 11.6 Å². The number of ether oxygens (including phenoxy) is 1. The lowest BCUT2D eigenvalue weighted by molar-refractivity contribution is 0.170. The first-order valence-electron chi connectivity index (χ1n) is 4.84. The summed E-state index contributed by atoms with van der Waals surface area (Å²) < 4.78 is 4.97. The maximum atomic E-state index is 11.0. The number of alkyl carbamates (subject to hydrolysis) is 1. The summed E-state index contributed by atoms with van der Waals surface area (Å²) in [4.78, 5) is 13.3. The second kappa shape index (κ2) is 3.18. The van der Waals surface area contributed by atoms with Crippen molar-refractivity contribution in [1.82, 2.24) is 10.2 Å². The van der Waals surface area contributed by atoms with Crippen LogP contribution in [-0.2, 0) is 4.74 Å². The molecule has 1 spiro atoms. The van der Waals surface area contributed by atoms with E-state index in [0.29, 0.717) is 6.61 Å². The standard InChI is InChI=1S/C9H16N2O2/c1-11-5-2-3-9(4-6-11)7-13-8(12)10-9/h2-7H2,1H3,(H,10,12). The van der Waals surface area contributed by atoms with Gasteiger partial charge in [-0.05, 0) is 32.9 Å². The summed E-state index contributed by atoms with van der Waals surface area (Å²) >= 11 is 0. The van der Waals surface area contributed by atoms with E-state index in [0.717, 1.165) is 32.4 Å². The summed E-state index contributed by atoms with van der Waals surface area (Å²) in [6, 6.07) is 0. The zero-order chi connectivity index (χ0) is 9.31.